The first-order valence-electron chi connectivity index (χ1n) is 6.86. The molecule has 0 aliphatic carbocycles. The Labute approximate surface area is 137 Å². The number of aromatic nitrogens is 1. The number of carbonyl (C=O) groups excluding carboxylic acids is 1. The van der Waals surface area contributed by atoms with E-state index in [1.54, 1.807) is 0 Å². The van der Waals surface area contributed by atoms with Crippen LogP contribution in [0, 0.1) is 0 Å². The van der Waals surface area contributed by atoms with E-state index in [-0.39, 0.29) is 5.76 Å². The number of amides is 1. The van der Waals surface area contributed by atoms with Gasteiger partial charge in [-0.1, -0.05) is 35.0 Å². The molecule has 116 valence electrons. The average Bonchev–Trinajstić information content (AvgIpc) is 3.05. The first kappa shape index (κ1) is 15.1. The standard InChI is InChI=1S/C17H13ClN2O3/c18-14-4-2-1-3-12(14)10-22-13-7-5-11(6-8-13)15-9-16(17(19)21)23-20-15/h1-9H,10H2,(H2,19,21). The van der Waals surface area contributed by atoms with Gasteiger partial charge in [-0.3, -0.25) is 4.79 Å². The molecule has 1 amide bonds. The molecule has 0 radical (unpaired) electrons. The molecular formula is C17H13ClN2O3. The van der Waals surface area contributed by atoms with E-state index >= 15 is 0 Å². The van der Waals surface area contributed by atoms with E-state index < -0.39 is 5.91 Å². The Kier molecular flexibility index (Phi) is 4.30. The van der Waals surface area contributed by atoms with Gasteiger partial charge in [-0.25, -0.2) is 0 Å². The number of carbonyl (C=O) groups is 1. The molecule has 0 unspecified atom stereocenters. The number of benzene rings is 2. The Morgan fingerprint density at radius 1 is 1.17 bits per heavy atom. The molecule has 0 aliphatic rings. The minimum atomic E-state index is -0.650. The van der Waals surface area contributed by atoms with Crippen molar-refractivity contribution in [2.75, 3.05) is 0 Å². The van der Waals surface area contributed by atoms with Gasteiger partial charge in [0.05, 0.1) is 0 Å². The highest BCUT2D eigenvalue weighted by molar-refractivity contribution is 6.31. The second-order valence-corrected chi connectivity index (χ2v) is 5.25. The second kappa shape index (κ2) is 6.54. The molecule has 3 rings (SSSR count). The van der Waals surface area contributed by atoms with Gasteiger partial charge in [-0.15, -0.1) is 0 Å². The molecule has 2 N–H and O–H groups in total. The number of nitrogens with two attached hydrogens (primary N) is 1. The highest BCUT2D eigenvalue weighted by Crippen LogP contribution is 2.23. The molecule has 6 heteroatoms. The maximum Gasteiger partial charge on any atom is 0.287 e. The fourth-order valence-electron chi connectivity index (χ4n) is 2.03. The van der Waals surface area contributed by atoms with Gasteiger partial charge in [0.1, 0.15) is 18.1 Å². The van der Waals surface area contributed by atoms with Crippen LogP contribution in [0.2, 0.25) is 5.02 Å². The van der Waals surface area contributed by atoms with Crippen LogP contribution in [0.5, 0.6) is 5.75 Å². The monoisotopic (exact) mass is 328 g/mol. The largest absolute Gasteiger partial charge is 0.489 e. The van der Waals surface area contributed by atoms with Gasteiger partial charge in [0.2, 0.25) is 5.76 Å². The molecule has 1 heterocycles. The van der Waals surface area contributed by atoms with Crippen LogP contribution in [0.3, 0.4) is 0 Å². The molecule has 1 aromatic heterocycles. The van der Waals surface area contributed by atoms with Crippen molar-refractivity contribution in [2.45, 2.75) is 6.61 Å². The maximum absolute atomic E-state index is 11.0. The van der Waals surface area contributed by atoms with Gasteiger partial charge in [0.25, 0.3) is 5.91 Å². The summed E-state index contributed by atoms with van der Waals surface area (Å²) in [4.78, 5) is 11.0. The van der Waals surface area contributed by atoms with Crippen molar-refractivity contribution >= 4 is 17.5 Å². The number of ether oxygens (including phenoxy) is 1. The zero-order valence-corrected chi connectivity index (χ0v) is 12.8. The zero-order valence-electron chi connectivity index (χ0n) is 12.0. The lowest BCUT2D eigenvalue weighted by atomic mass is 10.1. The van der Waals surface area contributed by atoms with Gasteiger partial charge in [0, 0.05) is 22.2 Å². The minimum absolute atomic E-state index is 0.0269. The summed E-state index contributed by atoms with van der Waals surface area (Å²) in [7, 11) is 0. The molecule has 0 spiro atoms. The van der Waals surface area contributed by atoms with Gasteiger partial charge >= 0.3 is 0 Å². The lowest BCUT2D eigenvalue weighted by molar-refractivity contribution is 0.0965. The average molecular weight is 329 g/mol. The maximum atomic E-state index is 11.0. The van der Waals surface area contributed by atoms with Crippen LogP contribution in [0.4, 0.5) is 0 Å². The van der Waals surface area contributed by atoms with Crippen molar-refractivity contribution in [3.8, 4) is 17.0 Å². The number of hydrogen-bond acceptors (Lipinski definition) is 4. The summed E-state index contributed by atoms with van der Waals surface area (Å²) in [6.45, 7) is 0.384. The lowest BCUT2D eigenvalue weighted by Crippen LogP contribution is -2.09. The van der Waals surface area contributed by atoms with Crippen molar-refractivity contribution in [1.29, 1.82) is 0 Å². The van der Waals surface area contributed by atoms with Gasteiger partial charge in [-0.05, 0) is 30.3 Å². The zero-order chi connectivity index (χ0) is 16.2. The molecule has 0 saturated heterocycles. The Morgan fingerprint density at radius 3 is 2.57 bits per heavy atom. The molecular weight excluding hydrogens is 316 g/mol. The summed E-state index contributed by atoms with van der Waals surface area (Å²) >= 11 is 6.09. The van der Waals surface area contributed by atoms with E-state index in [9.17, 15) is 4.79 Å². The molecule has 0 saturated carbocycles. The summed E-state index contributed by atoms with van der Waals surface area (Å²) in [5, 5.41) is 4.48. The van der Waals surface area contributed by atoms with Gasteiger partial charge < -0.3 is 15.0 Å². The number of rotatable bonds is 5. The Hall–Kier alpha value is -2.79. The summed E-state index contributed by atoms with van der Waals surface area (Å²) in [6.07, 6.45) is 0. The van der Waals surface area contributed by atoms with Gasteiger partial charge in [-0.2, -0.15) is 0 Å². The predicted molar refractivity (Wildman–Crippen MR) is 86.2 cm³/mol. The van der Waals surface area contributed by atoms with E-state index in [2.05, 4.69) is 5.16 Å². The number of nitrogens with zero attached hydrogens (tertiary/aromatic N) is 1. The first-order valence-corrected chi connectivity index (χ1v) is 7.24. The molecule has 2 aromatic carbocycles. The number of primary amides is 1. The fraction of sp³-hybridized carbons (Fsp3) is 0.0588. The van der Waals surface area contributed by atoms with E-state index in [0.717, 1.165) is 11.1 Å². The second-order valence-electron chi connectivity index (χ2n) is 4.85. The molecule has 0 bridgehead atoms. The van der Waals surface area contributed by atoms with Crippen molar-refractivity contribution in [3.63, 3.8) is 0 Å². The van der Waals surface area contributed by atoms with Gasteiger partial charge in [0.15, 0.2) is 0 Å². The Balaban J connectivity index is 1.69. The third kappa shape index (κ3) is 3.52. The quantitative estimate of drug-likeness (QED) is 0.775. The van der Waals surface area contributed by atoms with Crippen LogP contribution in [-0.2, 0) is 6.61 Å². The van der Waals surface area contributed by atoms with Crippen LogP contribution in [-0.4, -0.2) is 11.1 Å². The SMILES string of the molecule is NC(=O)c1cc(-c2ccc(OCc3ccccc3Cl)cc2)no1. The Bertz CT molecular complexity index is 828. The third-order valence-electron chi connectivity index (χ3n) is 3.26. The highest BCUT2D eigenvalue weighted by atomic mass is 35.5. The molecule has 0 fully saturated rings. The molecule has 23 heavy (non-hydrogen) atoms. The van der Waals surface area contributed by atoms with Crippen LogP contribution in [0.1, 0.15) is 16.1 Å². The molecule has 0 atom stereocenters. The van der Waals surface area contributed by atoms with Crippen LogP contribution >= 0.6 is 11.6 Å². The van der Waals surface area contributed by atoms with Crippen molar-refractivity contribution in [2.24, 2.45) is 5.73 Å². The summed E-state index contributed by atoms with van der Waals surface area (Å²) < 4.78 is 10.6. The summed E-state index contributed by atoms with van der Waals surface area (Å²) in [5.74, 6) is 0.0785. The molecule has 5 nitrogen and oxygen atoms in total. The highest BCUT2D eigenvalue weighted by Gasteiger charge is 2.10. The number of hydrogen-bond donors (Lipinski definition) is 1. The fourth-order valence-corrected chi connectivity index (χ4v) is 2.22. The topological polar surface area (TPSA) is 78.4 Å². The van der Waals surface area contributed by atoms with Crippen LogP contribution in [0.15, 0.2) is 59.1 Å². The lowest BCUT2D eigenvalue weighted by Gasteiger charge is -2.08. The van der Waals surface area contributed by atoms with Crippen molar-refractivity contribution < 1.29 is 14.1 Å². The Morgan fingerprint density at radius 2 is 1.91 bits per heavy atom. The normalized spacial score (nSPS) is 10.5. The minimum Gasteiger partial charge on any atom is -0.489 e. The van der Waals surface area contributed by atoms with E-state index in [1.807, 2.05) is 48.5 Å². The van der Waals surface area contributed by atoms with Crippen LogP contribution < -0.4 is 10.5 Å². The molecule has 0 aliphatic heterocycles. The third-order valence-corrected chi connectivity index (χ3v) is 3.62. The van der Waals surface area contributed by atoms with E-state index in [1.165, 1.54) is 6.07 Å². The smallest absolute Gasteiger partial charge is 0.287 e. The van der Waals surface area contributed by atoms with Crippen molar-refractivity contribution in [3.05, 3.63) is 70.9 Å². The predicted octanol–water partition coefficient (Wildman–Crippen LogP) is 3.67. The van der Waals surface area contributed by atoms with Crippen molar-refractivity contribution in [1.82, 2.24) is 5.16 Å². The first-order chi connectivity index (χ1) is 11.1. The summed E-state index contributed by atoms with van der Waals surface area (Å²) in [6, 6.07) is 16.3. The van der Waals surface area contributed by atoms with E-state index in [0.29, 0.717) is 23.1 Å². The van der Waals surface area contributed by atoms with E-state index in [4.69, 9.17) is 26.6 Å². The van der Waals surface area contributed by atoms with Crippen LogP contribution in [0.25, 0.3) is 11.3 Å². The molecule has 3 aromatic rings. The number of halogens is 1. The summed E-state index contributed by atoms with van der Waals surface area (Å²) in [5.41, 5.74) is 7.39.